The van der Waals surface area contributed by atoms with Gasteiger partial charge < -0.3 is 14.6 Å². The van der Waals surface area contributed by atoms with Crippen LogP contribution in [0.1, 0.15) is 57.5 Å². The molecule has 2 aromatic rings. The highest BCUT2D eigenvalue weighted by Gasteiger charge is 2.51. The van der Waals surface area contributed by atoms with Crippen LogP contribution in [0.2, 0.25) is 0 Å². The van der Waals surface area contributed by atoms with Gasteiger partial charge in [-0.1, -0.05) is 42.5 Å². The van der Waals surface area contributed by atoms with E-state index in [1.807, 2.05) is 96.1 Å². The fourth-order valence-corrected chi connectivity index (χ4v) is 3.09. The molecule has 2 aromatic carbocycles. The Bertz CT molecular complexity index is 814. The molecule has 0 atom stereocenters. The van der Waals surface area contributed by atoms with Crippen LogP contribution in [0, 0.1) is 0 Å². The van der Waals surface area contributed by atoms with E-state index in [9.17, 15) is 4.79 Å². The maximum Gasteiger partial charge on any atom is 0.494 e. The third-order valence-electron chi connectivity index (χ3n) is 5.60. The summed E-state index contributed by atoms with van der Waals surface area (Å²) in [5.74, 6) is -0.123. The van der Waals surface area contributed by atoms with Gasteiger partial charge in [0.15, 0.2) is 0 Å². The maximum absolute atomic E-state index is 12.9. The van der Waals surface area contributed by atoms with Crippen molar-refractivity contribution < 1.29 is 14.1 Å². The Morgan fingerprint density at radius 1 is 0.926 bits per heavy atom. The van der Waals surface area contributed by atoms with Gasteiger partial charge in [0.25, 0.3) is 5.91 Å². The van der Waals surface area contributed by atoms with Gasteiger partial charge in [-0.25, -0.2) is 0 Å². The quantitative estimate of drug-likeness (QED) is 0.842. The number of carbonyl (C=O) groups excluding carboxylic acids is 1. The number of amides is 1. The van der Waals surface area contributed by atoms with Gasteiger partial charge in [0.1, 0.15) is 0 Å². The molecule has 0 saturated carbocycles. The van der Waals surface area contributed by atoms with E-state index in [0.29, 0.717) is 5.56 Å². The zero-order valence-corrected chi connectivity index (χ0v) is 17.0. The molecule has 0 bridgehead atoms. The first kappa shape index (κ1) is 19.7. The Morgan fingerprint density at radius 3 is 2.11 bits per heavy atom. The van der Waals surface area contributed by atoms with Gasteiger partial charge >= 0.3 is 7.12 Å². The SMILES string of the molecule is CC(C)(NC(=O)c1cccc(B2OC(C)(C)C(C)(C)O2)c1)c1ccccc1. The first-order chi connectivity index (χ1) is 12.5. The van der Waals surface area contributed by atoms with Crippen molar-refractivity contribution in [2.75, 3.05) is 0 Å². The summed E-state index contributed by atoms with van der Waals surface area (Å²) in [5.41, 5.74) is 1.19. The molecule has 1 amide bonds. The smallest absolute Gasteiger partial charge is 0.399 e. The molecule has 1 saturated heterocycles. The first-order valence-corrected chi connectivity index (χ1v) is 9.35. The summed E-state index contributed by atoms with van der Waals surface area (Å²) in [5, 5.41) is 3.12. The minimum atomic E-state index is -0.482. The Morgan fingerprint density at radius 2 is 1.52 bits per heavy atom. The van der Waals surface area contributed by atoms with Crippen molar-refractivity contribution in [3.05, 3.63) is 65.7 Å². The van der Waals surface area contributed by atoms with E-state index in [-0.39, 0.29) is 5.91 Å². The standard InChI is InChI=1S/C22H28BNO3/c1-20(2,17-12-8-7-9-13-17)24-19(25)16-11-10-14-18(15-16)23-26-21(3,4)22(5,6)27-23/h7-15H,1-6H3,(H,24,25). The molecule has 0 unspecified atom stereocenters. The molecule has 0 aliphatic carbocycles. The van der Waals surface area contributed by atoms with Crippen molar-refractivity contribution in [2.45, 2.75) is 58.3 Å². The van der Waals surface area contributed by atoms with Crippen LogP contribution in [0.5, 0.6) is 0 Å². The van der Waals surface area contributed by atoms with E-state index in [0.717, 1.165) is 11.0 Å². The number of rotatable bonds is 4. The maximum atomic E-state index is 12.9. The van der Waals surface area contributed by atoms with Crippen LogP contribution in [0.25, 0.3) is 0 Å². The Kier molecular flexibility index (Phi) is 4.95. The molecular weight excluding hydrogens is 337 g/mol. The van der Waals surface area contributed by atoms with Gasteiger partial charge in [-0.05, 0) is 64.7 Å². The van der Waals surface area contributed by atoms with Gasteiger partial charge in [-0.2, -0.15) is 0 Å². The molecule has 0 spiro atoms. The van der Waals surface area contributed by atoms with E-state index in [2.05, 4.69) is 5.32 Å². The van der Waals surface area contributed by atoms with Crippen molar-refractivity contribution in [3.8, 4) is 0 Å². The van der Waals surface area contributed by atoms with Crippen LogP contribution in [-0.4, -0.2) is 24.2 Å². The van der Waals surface area contributed by atoms with Crippen molar-refractivity contribution in [1.29, 1.82) is 0 Å². The summed E-state index contributed by atoms with van der Waals surface area (Å²) in [7, 11) is -0.482. The minimum absolute atomic E-state index is 0.123. The number of benzene rings is 2. The van der Waals surface area contributed by atoms with Gasteiger partial charge in [-0.15, -0.1) is 0 Å². The highest BCUT2D eigenvalue weighted by Crippen LogP contribution is 2.36. The average Bonchev–Trinajstić information content (AvgIpc) is 2.83. The van der Waals surface area contributed by atoms with E-state index < -0.39 is 23.9 Å². The lowest BCUT2D eigenvalue weighted by Crippen LogP contribution is -2.41. The zero-order valence-electron chi connectivity index (χ0n) is 17.0. The summed E-state index contributed by atoms with van der Waals surface area (Å²) >= 11 is 0. The molecule has 142 valence electrons. The van der Waals surface area contributed by atoms with Crippen LogP contribution < -0.4 is 10.8 Å². The topological polar surface area (TPSA) is 47.6 Å². The van der Waals surface area contributed by atoms with Crippen LogP contribution >= 0.6 is 0 Å². The third-order valence-corrected chi connectivity index (χ3v) is 5.60. The Balaban J connectivity index is 1.79. The minimum Gasteiger partial charge on any atom is -0.399 e. The summed E-state index contributed by atoms with van der Waals surface area (Å²) in [4.78, 5) is 12.9. The number of nitrogens with one attached hydrogen (secondary N) is 1. The highest BCUT2D eigenvalue weighted by atomic mass is 16.7. The van der Waals surface area contributed by atoms with Crippen molar-refractivity contribution in [1.82, 2.24) is 5.32 Å². The van der Waals surface area contributed by atoms with Gasteiger partial charge in [0, 0.05) is 5.56 Å². The summed E-state index contributed by atoms with van der Waals surface area (Å²) < 4.78 is 12.2. The van der Waals surface area contributed by atoms with Crippen LogP contribution in [0.4, 0.5) is 0 Å². The fourth-order valence-electron chi connectivity index (χ4n) is 3.09. The number of hydrogen-bond acceptors (Lipinski definition) is 3. The molecule has 1 aliphatic rings. The van der Waals surface area contributed by atoms with Gasteiger partial charge in [0.2, 0.25) is 0 Å². The second-order valence-corrected chi connectivity index (χ2v) is 8.66. The molecule has 1 N–H and O–H groups in total. The Labute approximate surface area is 162 Å². The molecule has 4 nitrogen and oxygen atoms in total. The van der Waals surface area contributed by atoms with Crippen molar-refractivity contribution in [2.24, 2.45) is 0 Å². The lowest BCUT2D eigenvalue weighted by molar-refractivity contribution is 0.00578. The lowest BCUT2D eigenvalue weighted by Gasteiger charge is -2.32. The molecular formula is C22H28BNO3. The molecule has 1 fully saturated rings. The molecule has 1 aliphatic heterocycles. The average molecular weight is 365 g/mol. The monoisotopic (exact) mass is 365 g/mol. The normalized spacial score (nSPS) is 18.4. The highest BCUT2D eigenvalue weighted by molar-refractivity contribution is 6.62. The molecule has 5 heteroatoms. The van der Waals surface area contributed by atoms with Crippen molar-refractivity contribution in [3.63, 3.8) is 0 Å². The van der Waals surface area contributed by atoms with E-state index >= 15 is 0 Å². The number of carbonyl (C=O) groups is 1. The number of hydrogen-bond donors (Lipinski definition) is 1. The van der Waals surface area contributed by atoms with Crippen molar-refractivity contribution >= 4 is 18.5 Å². The van der Waals surface area contributed by atoms with E-state index in [4.69, 9.17) is 9.31 Å². The summed E-state index contributed by atoms with van der Waals surface area (Å²) in [6.45, 7) is 12.1. The molecule has 27 heavy (non-hydrogen) atoms. The van der Waals surface area contributed by atoms with Crippen LogP contribution in [-0.2, 0) is 14.8 Å². The second kappa shape index (κ2) is 6.81. The van der Waals surface area contributed by atoms with Gasteiger partial charge in [0.05, 0.1) is 16.7 Å². The lowest BCUT2D eigenvalue weighted by atomic mass is 9.78. The van der Waals surface area contributed by atoms with Crippen LogP contribution in [0.15, 0.2) is 54.6 Å². The predicted octanol–water partition coefficient (Wildman–Crippen LogP) is 3.65. The summed E-state index contributed by atoms with van der Waals surface area (Å²) in [6, 6.07) is 17.4. The van der Waals surface area contributed by atoms with Gasteiger partial charge in [-0.3, -0.25) is 4.79 Å². The fraction of sp³-hybridized carbons (Fsp3) is 0.409. The first-order valence-electron chi connectivity index (χ1n) is 9.35. The second-order valence-electron chi connectivity index (χ2n) is 8.66. The third kappa shape index (κ3) is 3.94. The molecule has 0 radical (unpaired) electrons. The largest absolute Gasteiger partial charge is 0.494 e. The molecule has 1 heterocycles. The van der Waals surface area contributed by atoms with E-state index in [1.54, 1.807) is 0 Å². The zero-order chi connectivity index (χ0) is 19.9. The van der Waals surface area contributed by atoms with Crippen LogP contribution in [0.3, 0.4) is 0 Å². The molecule has 3 rings (SSSR count). The molecule has 0 aromatic heterocycles. The predicted molar refractivity (Wildman–Crippen MR) is 109 cm³/mol. The van der Waals surface area contributed by atoms with E-state index in [1.165, 1.54) is 0 Å². The Hall–Kier alpha value is -2.11. The summed E-state index contributed by atoms with van der Waals surface area (Å²) in [6.07, 6.45) is 0.